The second-order valence-corrected chi connectivity index (χ2v) is 7.37. The number of nitrogens with one attached hydrogen (secondary N) is 1. The molecule has 0 fully saturated rings. The van der Waals surface area contributed by atoms with E-state index in [1.165, 1.54) is 27.2 Å². The van der Waals surface area contributed by atoms with Crippen LogP contribution in [0.5, 0.6) is 0 Å². The number of carbonyl (C=O) groups excluding carboxylic acids is 2. The summed E-state index contributed by atoms with van der Waals surface area (Å²) in [5.74, 6) is -0.220. The molecule has 1 N–H and O–H groups in total. The van der Waals surface area contributed by atoms with Gasteiger partial charge < -0.3 is 10.1 Å². The van der Waals surface area contributed by atoms with Crippen LogP contribution in [0.1, 0.15) is 22.6 Å². The highest BCUT2D eigenvalue weighted by molar-refractivity contribution is 5.95. The highest BCUT2D eigenvalue weighted by atomic mass is 16.6. The van der Waals surface area contributed by atoms with Gasteiger partial charge >= 0.3 is 6.09 Å². The molecule has 0 aromatic heterocycles. The van der Waals surface area contributed by atoms with Crippen LogP contribution in [0.4, 0.5) is 10.5 Å². The summed E-state index contributed by atoms with van der Waals surface area (Å²) in [6.07, 6.45) is -0.473. The number of nitrogens with zero attached hydrogens (tertiary/aromatic N) is 1. The Bertz CT molecular complexity index is 1060. The maximum absolute atomic E-state index is 12.8. The number of ether oxygens (including phenoxy) is 1. The van der Waals surface area contributed by atoms with Crippen LogP contribution >= 0.6 is 0 Å². The third-order valence-electron chi connectivity index (χ3n) is 5.58. The first kappa shape index (κ1) is 17.5. The number of amides is 2. The maximum Gasteiger partial charge on any atom is 0.410 e. The van der Waals surface area contributed by atoms with Crippen LogP contribution in [-0.4, -0.2) is 30.1 Å². The first-order valence-electron chi connectivity index (χ1n) is 9.68. The van der Waals surface area contributed by atoms with E-state index in [0.717, 1.165) is 11.3 Å². The highest BCUT2D eigenvalue weighted by Gasteiger charge is 2.30. The largest absolute Gasteiger partial charge is 0.448 e. The molecular weight excluding hydrogens is 364 g/mol. The van der Waals surface area contributed by atoms with Crippen LogP contribution in [0.2, 0.25) is 0 Å². The number of hydrogen-bond acceptors (Lipinski definition) is 3. The van der Waals surface area contributed by atoms with Crippen molar-refractivity contribution >= 4 is 17.7 Å². The summed E-state index contributed by atoms with van der Waals surface area (Å²) in [4.78, 5) is 26.5. The molecule has 1 heterocycles. The molecular formula is C24H20N2O3. The van der Waals surface area contributed by atoms with Crippen molar-refractivity contribution in [2.75, 3.05) is 18.5 Å². The number of hydrogen-bond donors (Lipinski definition) is 1. The van der Waals surface area contributed by atoms with Crippen molar-refractivity contribution in [2.24, 2.45) is 0 Å². The van der Waals surface area contributed by atoms with Gasteiger partial charge in [0.25, 0.3) is 0 Å². The van der Waals surface area contributed by atoms with Gasteiger partial charge in [0.15, 0.2) is 0 Å². The Kier molecular flexibility index (Phi) is 4.28. The summed E-state index contributed by atoms with van der Waals surface area (Å²) in [5.41, 5.74) is 6.35. The molecule has 0 unspecified atom stereocenters. The Hall–Kier alpha value is -3.60. The van der Waals surface area contributed by atoms with Crippen molar-refractivity contribution in [1.82, 2.24) is 4.90 Å². The summed E-state index contributed by atoms with van der Waals surface area (Å²) >= 11 is 0. The predicted octanol–water partition coefficient (Wildman–Crippen LogP) is 4.39. The summed E-state index contributed by atoms with van der Waals surface area (Å²) in [6, 6.07) is 24.0. The lowest BCUT2D eigenvalue weighted by atomic mass is 9.98. The van der Waals surface area contributed by atoms with Gasteiger partial charge in [-0.1, -0.05) is 66.7 Å². The molecule has 2 aliphatic rings. The van der Waals surface area contributed by atoms with Gasteiger partial charge in [-0.3, -0.25) is 9.69 Å². The zero-order valence-corrected chi connectivity index (χ0v) is 15.8. The lowest BCUT2D eigenvalue weighted by molar-refractivity contribution is -0.117. The molecule has 5 heteroatoms. The Balaban J connectivity index is 1.35. The normalized spacial score (nSPS) is 15.0. The second kappa shape index (κ2) is 7.09. The Labute approximate surface area is 168 Å². The highest BCUT2D eigenvalue weighted by Crippen LogP contribution is 2.44. The standard InChI is InChI=1S/C24H20N2O3/c27-23-14-26(13-16-7-1-6-12-22(16)25-23)24(28)29-15-21-19-10-4-2-8-17(19)18-9-3-5-11-20(18)21/h1-12,21H,13-15H2,(H,25,27). The molecule has 0 atom stereocenters. The van der Waals surface area contributed by atoms with Crippen LogP contribution in [0.15, 0.2) is 72.8 Å². The van der Waals surface area contributed by atoms with Crippen molar-refractivity contribution in [1.29, 1.82) is 0 Å². The molecule has 0 bridgehead atoms. The molecule has 1 aliphatic heterocycles. The van der Waals surface area contributed by atoms with E-state index in [0.29, 0.717) is 6.54 Å². The Morgan fingerprint density at radius 3 is 2.24 bits per heavy atom. The quantitative estimate of drug-likeness (QED) is 0.713. The molecule has 3 aromatic carbocycles. The summed E-state index contributed by atoms with van der Waals surface area (Å²) in [7, 11) is 0. The molecule has 3 aromatic rings. The van der Waals surface area contributed by atoms with Gasteiger partial charge in [0.1, 0.15) is 13.2 Å². The minimum Gasteiger partial charge on any atom is -0.448 e. The molecule has 144 valence electrons. The molecule has 29 heavy (non-hydrogen) atoms. The number of para-hydroxylation sites is 1. The van der Waals surface area contributed by atoms with E-state index in [9.17, 15) is 9.59 Å². The van der Waals surface area contributed by atoms with Crippen molar-refractivity contribution in [3.05, 3.63) is 89.5 Å². The van der Waals surface area contributed by atoms with Crippen LogP contribution < -0.4 is 5.32 Å². The molecule has 0 saturated heterocycles. The number of benzene rings is 3. The van der Waals surface area contributed by atoms with Crippen LogP contribution in [0.3, 0.4) is 0 Å². The van der Waals surface area contributed by atoms with E-state index >= 15 is 0 Å². The number of fused-ring (bicyclic) bond motifs is 4. The van der Waals surface area contributed by atoms with E-state index in [-0.39, 0.29) is 25.0 Å². The van der Waals surface area contributed by atoms with E-state index in [1.807, 2.05) is 48.5 Å². The summed E-state index contributed by atoms with van der Waals surface area (Å²) < 4.78 is 5.71. The molecule has 5 nitrogen and oxygen atoms in total. The van der Waals surface area contributed by atoms with Gasteiger partial charge in [0.05, 0.1) is 6.54 Å². The second-order valence-electron chi connectivity index (χ2n) is 7.37. The van der Waals surface area contributed by atoms with E-state index in [1.54, 1.807) is 0 Å². The van der Waals surface area contributed by atoms with Crippen LogP contribution in [0, 0.1) is 0 Å². The lowest BCUT2D eigenvalue weighted by Gasteiger charge is -2.21. The van der Waals surface area contributed by atoms with Crippen molar-refractivity contribution < 1.29 is 14.3 Å². The first-order chi connectivity index (χ1) is 14.2. The summed E-state index contributed by atoms with van der Waals surface area (Å²) in [6.45, 7) is 0.559. The molecule has 5 rings (SSSR count). The van der Waals surface area contributed by atoms with Gasteiger partial charge in [0, 0.05) is 11.6 Å². The van der Waals surface area contributed by atoms with Crippen molar-refractivity contribution in [2.45, 2.75) is 12.5 Å². The minimum atomic E-state index is -0.473. The number of rotatable bonds is 2. The molecule has 1 aliphatic carbocycles. The summed E-state index contributed by atoms with van der Waals surface area (Å²) in [5, 5.41) is 2.84. The van der Waals surface area contributed by atoms with Gasteiger partial charge in [-0.05, 0) is 33.9 Å². The molecule has 0 radical (unpaired) electrons. The zero-order chi connectivity index (χ0) is 19.8. The monoisotopic (exact) mass is 384 g/mol. The zero-order valence-electron chi connectivity index (χ0n) is 15.8. The fourth-order valence-corrected chi connectivity index (χ4v) is 4.22. The Morgan fingerprint density at radius 2 is 1.52 bits per heavy atom. The smallest absolute Gasteiger partial charge is 0.410 e. The SMILES string of the molecule is O=C1CN(C(=O)OCC2c3ccccc3-c3ccccc32)Cc2ccccc2N1. The van der Waals surface area contributed by atoms with E-state index in [2.05, 4.69) is 29.6 Å². The average Bonchev–Trinajstić information content (AvgIpc) is 2.95. The fourth-order valence-electron chi connectivity index (χ4n) is 4.22. The van der Waals surface area contributed by atoms with Gasteiger partial charge in [-0.25, -0.2) is 4.79 Å². The third kappa shape index (κ3) is 3.14. The lowest BCUT2D eigenvalue weighted by Crippen LogP contribution is -2.36. The first-order valence-corrected chi connectivity index (χ1v) is 9.68. The minimum absolute atomic E-state index is 0.000518. The van der Waals surface area contributed by atoms with Crippen LogP contribution in [-0.2, 0) is 16.1 Å². The van der Waals surface area contributed by atoms with Crippen molar-refractivity contribution in [3.63, 3.8) is 0 Å². The van der Waals surface area contributed by atoms with Gasteiger partial charge in [-0.15, -0.1) is 0 Å². The Morgan fingerprint density at radius 1 is 0.897 bits per heavy atom. The maximum atomic E-state index is 12.8. The molecule has 2 amide bonds. The number of carbonyl (C=O) groups is 2. The average molecular weight is 384 g/mol. The van der Waals surface area contributed by atoms with Crippen molar-refractivity contribution in [3.8, 4) is 11.1 Å². The van der Waals surface area contributed by atoms with Gasteiger partial charge in [0.2, 0.25) is 5.91 Å². The predicted molar refractivity (Wildman–Crippen MR) is 111 cm³/mol. The third-order valence-corrected chi connectivity index (χ3v) is 5.58. The molecule has 0 spiro atoms. The van der Waals surface area contributed by atoms with Gasteiger partial charge in [-0.2, -0.15) is 0 Å². The van der Waals surface area contributed by atoms with Crippen LogP contribution in [0.25, 0.3) is 11.1 Å². The fraction of sp³-hybridized carbons (Fsp3) is 0.167. The van der Waals surface area contributed by atoms with E-state index < -0.39 is 6.09 Å². The number of anilines is 1. The molecule has 0 saturated carbocycles. The topological polar surface area (TPSA) is 58.6 Å². The van der Waals surface area contributed by atoms with E-state index in [4.69, 9.17) is 4.74 Å².